The number of aromatic nitrogens is 3. The third kappa shape index (κ3) is 4.05. The smallest absolute Gasteiger partial charge is 0.233 e. The lowest BCUT2D eigenvalue weighted by Crippen LogP contribution is -2.08. The van der Waals surface area contributed by atoms with Gasteiger partial charge in [0.05, 0.1) is 5.69 Å². The summed E-state index contributed by atoms with van der Waals surface area (Å²) in [5.41, 5.74) is 2.02. The molecule has 0 amide bonds. The normalized spacial score (nSPS) is 10.4. The number of rotatable bonds is 5. The van der Waals surface area contributed by atoms with Crippen LogP contribution in [0.15, 0.2) is 22.7 Å². The van der Waals surface area contributed by atoms with Gasteiger partial charge in [-0.15, -0.1) is 0 Å². The Balaban J connectivity index is 2.24. The molecule has 0 spiro atoms. The molecular weight excluding hydrogens is 342 g/mol. The Morgan fingerprint density at radius 1 is 1.20 bits per heavy atom. The molecule has 0 bridgehead atoms. The molecule has 2 aromatic rings. The van der Waals surface area contributed by atoms with Gasteiger partial charge in [-0.25, -0.2) is 0 Å². The van der Waals surface area contributed by atoms with Crippen LogP contribution in [0, 0.1) is 6.92 Å². The summed E-state index contributed by atoms with van der Waals surface area (Å²) in [6.45, 7) is 4.87. The number of halogens is 2. The number of nitrogens with zero attached hydrogens (tertiary/aromatic N) is 3. The van der Waals surface area contributed by atoms with Crippen molar-refractivity contribution < 1.29 is 0 Å². The van der Waals surface area contributed by atoms with Gasteiger partial charge in [0, 0.05) is 11.0 Å². The predicted molar refractivity (Wildman–Crippen MR) is 85.8 cm³/mol. The summed E-state index contributed by atoms with van der Waals surface area (Å²) in [6.07, 6.45) is 0.982. The number of nitrogens with one attached hydrogen (secondary N) is 2. The second-order valence-electron chi connectivity index (χ2n) is 4.29. The fourth-order valence-corrected chi connectivity index (χ4v) is 2.08. The van der Waals surface area contributed by atoms with Gasteiger partial charge in [-0.3, -0.25) is 0 Å². The minimum absolute atomic E-state index is 0.157. The van der Waals surface area contributed by atoms with Crippen LogP contribution in [-0.4, -0.2) is 21.5 Å². The van der Waals surface area contributed by atoms with Crippen molar-refractivity contribution in [1.82, 2.24) is 15.0 Å². The minimum atomic E-state index is 0.157. The van der Waals surface area contributed by atoms with E-state index in [4.69, 9.17) is 11.6 Å². The van der Waals surface area contributed by atoms with E-state index < -0.39 is 0 Å². The Bertz CT molecular complexity index is 605. The zero-order valence-electron chi connectivity index (χ0n) is 11.2. The summed E-state index contributed by atoms with van der Waals surface area (Å²) in [7, 11) is 0. The first kappa shape index (κ1) is 15.0. The van der Waals surface area contributed by atoms with Crippen molar-refractivity contribution in [3.8, 4) is 0 Å². The Labute approximate surface area is 131 Å². The van der Waals surface area contributed by atoms with Gasteiger partial charge >= 0.3 is 0 Å². The van der Waals surface area contributed by atoms with E-state index in [1.165, 1.54) is 0 Å². The summed E-state index contributed by atoms with van der Waals surface area (Å²) in [5.74, 6) is 0.882. The summed E-state index contributed by atoms with van der Waals surface area (Å²) in [4.78, 5) is 12.4. The largest absolute Gasteiger partial charge is 0.354 e. The molecule has 7 heteroatoms. The van der Waals surface area contributed by atoms with E-state index >= 15 is 0 Å². The first-order chi connectivity index (χ1) is 9.58. The lowest BCUT2D eigenvalue weighted by molar-refractivity contribution is 0.940. The van der Waals surface area contributed by atoms with Crippen LogP contribution in [0.3, 0.4) is 0 Å². The molecular formula is C13H15BrClN5. The third-order valence-electron chi connectivity index (χ3n) is 2.51. The molecule has 106 valence electrons. The van der Waals surface area contributed by atoms with Crippen molar-refractivity contribution in [2.24, 2.45) is 0 Å². The van der Waals surface area contributed by atoms with E-state index in [2.05, 4.69) is 48.4 Å². The lowest BCUT2D eigenvalue weighted by atomic mass is 10.2. The van der Waals surface area contributed by atoms with Gasteiger partial charge in [0.25, 0.3) is 0 Å². The van der Waals surface area contributed by atoms with E-state index in [1.54, 1.807) is 0 Å². The average Bonchev–Trinajstić information content (AvgIpc) is 2.40. The molecule has 1 aromatic heterocycles. The van der Waals surface area contributed by atoms with Crippen molar-refractivity contribution in [1.29, 1.82) is 0 Å². The van der Waals surface area contributed by atoms with E-state index in [1.807, 2.05) is 25.1 Å². The Morgan fingerprint density at radius 2 is 1.95 bits per heavy atom. The highest BCUT2D eigenvalue weighted by Crippen LogP contribution is 2.26. The Kier molecular flexibility index (Phi) is 5.14. The van der Waals surface area contributed by atoms with E-state index in [9.17, 15) is 0 Å². The molecule has 1 aromatic carbocycles. The first-order valence-electron chi connectivity index (χ1n) is 6.27. The van der Waals surface area contributed by atoms with Crippen molar-refractivity contribution >= 4 is 45.1 Å². The summed E-state index contributed by atoms with van der Waals surface area (Å²) < 4.78 is 0.933. The number of anilines is 3. The topological polar surface area (TPSA) is 62.7 Å². The van der Waals surface area contributed by atoms with Gasteiger partial charge in [-0.2, -0.15) is 15.0 Å². The molecule has 0 atom stereocenters. The van der Waals surface area contributed by atoms with Crippen LogP contribution in [0.1, 0.15) is 18.9 Å². The summed E-state index contributed by atoms with van der Waals surface area (Å²) in [6, 6.07) is 5.99. The lowest BCUT2D eigenvalue weighted by Gasteiger charge is -2.09. The Hall–Kier alpha value is -1.40. The van der Waals surface area contributed by atoms with Gasteiger partial charge in [0.1, 0.15) is 0 Å². The molecule has 0 radical (unpaired) electrons. The van der Waals surface area contributed by atoms with Crippen LogP contribution in [0.4, 0.5) is 17.6 Å². The van der Waals surface area contributed by atoms with Crippen LogP contribution >= 0.6 is 27.5 Å². The molecule has 20 heavy (non-hydrogen) atoms. The maximum absolute atomic E-state index is 5.91. The van der Waals surface area contributed by atoms with E-state index in [0.29, 0.717) is 11.9 Å². The molecule has 2 N–H and O–H groups in total. The highest BCUT2D eigenvalue weighted by Gasteiger charge is 2.07. The summed E-state index contributed by atoms with van der Waals surface area (Å²) in [5, 5.41) is 6.38. The van der Waals surface area contributed by atoms with Crippen molar-refractivity contribution in [3.05, 3.63) is 33.5 Å². The number of hydrogen-bond acceptors (Lipinski definition) is 5. The average molecular weight is 357 g/mol. The molecule has 0 aliphatic heterocycles. The molecule has 0 aliphatic rings. The zero-order valence-corrected chi connectivity index (χ0v) is 13.6. The van der Waals surface area contributed by atoms with E-state index in [-0.39, 0.29) is 5.28 Å². The SMILES string of the molecule is CCCNc1nc(Cl)nc(Nc2cc(C)ccc2Br)n1. The fraction of sp³-hybridized carbons (Fsp3) is 0.308. The maximum atomic E-state index is 5.91. The van der Waals surface area contributed by atoms with E-state index in [0.717, 1.165) is 28.7 Å². The Morgan fingerprint density at radius 3 is 2.70 bits per heavy atom. The van der Waals surface area contributed by atoms with Gasteiger partial charge in [0.15, 0.2) is 0 Å². The number of hydrogen-bond donors (Lipinski definition) is 2. The maximum Gasteiger partial charge on any atom is 0.233 e. The highest BCUT2D eigenvalue weighted by atomic mass is 79.9. The quantitative estimate of drug-likeness (QED) is 0.842. The van der Waals surface area contributed by atoms with Crippen molar-refractivity contribution in [3.63, 3.8) is 0 Å². The minimum Gasteiger partial charge on any atom is -0.354 e. The predicted octanol–water partition coefficient (Wildman–Crippen LogP) is 4.16. The molecule has 2 rings (SSSR count). The van der Waals surface area contributed by atoms with Crippen LogP contribution in [0.5, 0.6) is 0 Å². The third-order valence-corrected chi connectivity index (χ3v) is 3.37. The van der Waals surface area contributed by atoms with Crippen LogP contribution < -0.4 is 10.6 Å². The van der Waals surface area contributed by atoms with Crippen LogP contribution in [0.2, 0.25) is 5.28 Å². The molecule has 0 aliphatic carbocycles. The van der Waals surface area contributed by atoms with Gasteiger partial charge in [-0.05, 0) is 58.6 Å². The second kappa shape index (κ2) is 6.85. The standard InChI is InChI=1S/C13H15BrClN5/c1-3-6-16-12-18-11(15)19-13(20-12)17-10-7-8(2)4-5-9(10)14/h4-5,7H,3,6H2,1-2H3,(H2,16,17,18,19,20). The van der Waals surface area contributed by atoms with Gasteiger partial charge in [0.2, 0.25) is 17.2 Å². The number of benzene rings is 1. The van der Waals surface area contributed by atoms with Crippen LogP contribution in [-0.2, 0) is 0 Å². The zero-order chi connectivity index (χ0) is 14.5. The van der Waals surface area contributed by atoms with Crippen LogP contribution in [0.25, 0.3) is 0 Å². The molecule has 1 heterocycles. The van der Waals surface area contributed by atoms with Gasteiger partial charge < -0.3 is 10.6 Å². The first-order valence-corrected chi connectivity index (χ1v) is 7.44. The molecule has 5 nitrogen and oxygen atoms in total. The number of aryl methyl sites for hydroxylation is 1. The molecule has 0 saturated heterocycles. The fourth-order valence-electron chi connectivity index (χ4n) is 1.58. The highest BCUT2D eigenvalue weighted by molar-refractivity contribution is 9.10. The monoisotopic (exact) mass is 355 g/mol. The molecule has 0 fully saturated rings. The van der Waals surface area contributed by atoms with Crippen molar-refractivity contribution in [2.75, 3.05) is 17.2 Å². The summed E-state index contributed by atoms with van der Waals surface area (Å²) >= 11 is 9.40. The van der Waals surface area contributed by atoms with Crippen molar-refractivity contribution in [2.45, 2.75) is 20.3 Å². The van der Waals surface area contributed by atoms with Gasteiger partial charge in [-0.1, -0.05) is 13.0 Å². The molecule has 0 saturated carbocycles. The molecule has 0 unspecified atom stereocenters. The second-order valence-corrected chi connectivity index (χ2v) is 5.48.